The summed E-state index contributed by atoms with van der Waals surface area (Å²) in [5, 5.41) is 7.03. The van der Waals surface area contributed by atoms with Gasteiger partial charge in [0, 0.05) is 17.8 Å². The lowest BCUT2D eigenvalue weighted by molar-refractivity contribution is 0.409. The third-order valence-corrected chi connectivity index (χ3v) is 4.23. The Labute approximate surface area is 144 Å². The predicted molar refractivity (Wildman–Crippen MR) is 101 cm³/mol. The highest BCUT2D eigenvalue weighted by atomic mass is 32.1. The summed E-state index contributed by atoms with van der Waals surface area (Å²) in [6.45, 7) is 5.07. The van der Waals surface area contributed by atoms with Crippen molar-refractivity contribution >= 4 is 23.0 Å². The van der Waals surface area contributed by atoms with Gasteiger partial charge < -0.3 is 15.4 Å². The summed E-state index contributed by atoms with van der Waals surface area (Å²) in [5.41, 5.74) is 3.42. The number of hydrogen-bond donors (Lipinski definition) is 2. The van der Waals surface area contributed by atoms with Gasteiger partial charge in [0.05, 0.1) is 7.11 Å². The van der Waals surface area contributed by atoms with Crippen LogP contribution in [0.25, 0.3) is 0 Å². The minimum absolute atomic E-state index is 0.583. The van der Waals surface area contributed by atoms with Crippen LogP contribution >= 0.6 is 12.2 Å². The molecule has 3 nitrogen and oxygen atoms in total. The van der Waals surface area contributed by atoms with Crippen molar-refractivity contribution in [1.29, 1.82) is 0 Å². The van der Waals surface area contributed by atoms with Crippen LogP contribution in [0, 0.1) is 0 Å². The summed E-state index contributed by atoms with van der Waals surface area (Å²) in [7, 11) is 1.67. The molecule has 2 N–H and O–H groups in total. The van der Waals surface area contributed by atoms with Crippen molar-refractivity contribution in [3.05, 3.63) is 59.7 Å². The van der Waals surface area contributed by atoms with Gasteiger partial charge in [-0.2, -0.15) is 0 Å². The number of hydrogen-bond acceptors (Lipinski definition) is 2. The van der Waals surface area contributed by atoms with Crippen molar-refractivity contribution in [1.82, 2.24) is 5.32 Å². The van der Waals surface area contributed by atoms with E-state index in [1.54, 1.807) is 7.11 Å². The van der Waals surface area contributed by atoms with Gasteiger partial charge in [0.2, 0.25) is 0 Å². The van der Waals surface area contributed by atoms with Crippen LogP contribution in [0.15, 0.2) is 48.5 Å². The van der Waals surface area contributed by atoms with Gasteiger partial charge in [0.15, 0.2) is 5.11 Å². The maximum absolute atomic E-state index is 5.36. The number of para-hydroxylation sites is 1. The summed E-state index contributed by atoms with van der Waals surface area (Å²) < 4.78 is 5.34. The number of ether oxygens (including phenoxy) is 1. The zero-order chi connectivity index (χ0) is 16.7. The number of thiocarbonyl (C=S) groups is 1. The molecule has 0 aromatic heterocycles. The lowest BCUT2D eigenvalue weighted by Crippen LogP contribution is -2.28. The molecule has 1 atom stereocenters. The van der Waals surface area contributed by atoms with Crippen molar-refractivity contribution in [2.24, 2.45) is 0 Å². The van der Waals surface area contributed by atoms with E-state index in [1.807, 2.05) is 24.3 Å². The number of benzene rings is 2. The molecule has 0 aliphatic heterocycles. The first-order chi connectivity index (χ1) is 11.1. The fourth-order valence-electron chi connectivity index (χ4n) is 2.33. The molecule has 0 bridgehead atoms. The topological polar surface area (TPSA) is 33.3 Å². The first kappa shape index (κ1) is 17.3. The summed E-state index contributed by atoms with van der Waals surface area (Å²) in [6, 6.07) is 16.4. The Morgan fingerprint density at radius 3 is 2.48 bits per heavy atom. The molecular formula is C19H24N2OS. The Bertz CT molecular complexity index is 640. The molecule has 0 fully saturated rings. The van der Waals surface area contributed by atoms with E-state index in [4.69, 9.17) is 17.0 Å². The average Bonchev–Trinajstić information content (AvgIpc) is 2.60. The maximum Gasteiger partial charge on any atom is 0.171 e. The van der Waals surface area contributed by atoms with E-state index in [0.29, 0.717) is 17.6 Å². The van der Waals surface area contributed by atoms with E-state index < -0.39 is 0 Å². The highest BCUT2D eigenvalue weighted by molar-refractivity contribution is 7.80. The number of methoxy groups -OCH3 is 1. The molecule has 0 aliphatic rings. The summed E-state index contributed by atoms with van der Waals surface area (Å²) in [6.07, 6.45) is 1.14. The minimum Gasteiger partial charge on any atom is -0.496 e. The molecule has 2 aromatic rings. The Balaban J connectivity index is 1.89. The second kappa shape index (κ2) is 8.53. The predicted octanol–water partition coefficient (Wildman–Crippen LogP) is 4.70. The molecule has 4 heteroatoms. The third-order valence-electron chi connectivity index (χ3n) is 3.98. The molecule has 23 heavy (non-hydrogen) atoms. The molecule has 0 heterocycles. The van der Waals surface area contributed by atoms with Gasteiger partial charge in [-0.25, -0.2) is 0 Å². The van der Waals surface area contributed by atoms with Gasteiger partial charge in [-0.15, -0.1) is 0 Å². The van der Waals surface area contributed by atoms with Gasteiger partial charge in [0.25, 0.3) is 0 Å². The Morgan fingerprint density at radius 1 is 1.13 bits per heavy atom. The molecule has 0 radical (unpaired) electrons. The van der Waals surface area contributed by atoms with Crippen LogP contribution in [0.3, 0.4) is 0 Å². The highest BCUT2D eigenvalue weighted by Gasteiger charge is 2.05. The summed E-state index contributed by atoms with van der Waals surface area (Å²) in [5.74, 6) is 1.44. The van der Waals surface area contributed by atoms with Gasteiger partial charge in [-0.05, 0) is 48.3 Å². The van der Waals surface area contributed by atoms with E-state index in [0.717, 1.165) is 23.4 Å². The monoisotopic (exact) mass is 328 g/mol. The molecule has 0 spiro atoms. The first-order valence-corrected chi connectivity index (χ1v) is 8.31. The van der Waals surface area contributed by atoms with Crippen LogP contribution in [0.4, 0.5) is 5.69 Å². The quantitative estimate of drug-likeness (QED) is 0.753. The zero-order valence-corrected chi connectivity index (χ0v) is 14.7. The summed E-state index contributed by atoms with van der Waals surface area (Å²) >= 11 is 5.36. The fourth-order valence-corrected chi connectivity index (χ4v) is 2.52. The molecule has 0 saturated carbocycles. The highest BCUT2D eigenvalue weighted by Crippen LogP contribution is 2.20. The van der Waals surface area contributed by atoms with Crippen LogP contribution in [0.2, 0.25) is 0 Å². The zero-order valence-electron chi connectivity index (χ0n) is 13.9. The normalized spacial score (nSPS) is 11.6. The standard InChI is InChI=1S/C19H24N2OS/c1-4-14(2)15-9-11-17(12-10-15)21-19(23)20-13-16-7-5-6-8-18(16)22-3/h5-12,14H,4,13H2,1-3H3,(H2,20,21,23)/t14-/m0/s1. The van der Waals surface area contributed by atoms with Crippen LogP contribution in [-0.2, 0) is 6.54 Å². The van der Waals surface area contributed by atoms with Crippen molar-refractivity contribution in [3.8, 4) is 5.75 Å². The van der Waals surface area contributed by atoms with Crippen LogP contribution in [0.1, 0.15) is 37.3 Å². The van der Waals surface area contributed by atoms with Crippen LogP contribution in [-0.4, -0.2) is 12.2 Å². The molecule has 2 rings (SSSR count). The van der Waals surface area contributed by atoms with E-state index in [2.05, 4.69) is 48.7 Å². The van der Waals surface area contributed by atoms with Crippen molar-refractivity contribution in [2.75, 3.05) is 12.4 Å². The van der Waals surface area contributed by atoms with Crippen LogP contribution in [0.5, 0.6) is 5.75 Å². The largest absolute Gasteiger partial charge is 0.496 e. The molecule has 0 aliphatic carbocycles. The van der Waals surface area contributed by atoms with E-state index in [-0.39, 0.29) is 0 Å². The fraction of sp³-hybridized carbons (Fsp3) is 0.316. The third kappa shape index (κ3) is 4.96. The second-order valence-corrected chi connectivity index (χ2v) is 5.96. The smallest absolute Gasteiger partial charge is 0.171 e. The lowest BCUT2D eigenvalue weighted by Gasteiger charge is -2.14. The van der Waals surface area contributed by atoms with E-state index in [9.17, 15) is 0 Å². The van der Waals surface area contributed by atoms with Gasteiger partial charge in [-0.3, -0.25) is 0 Å². The number of anilines is 1. The van der Waals surface area contributed by atoms with Crippen molar-refractivity contribution < 1.29 is 4.74 Å². The molecule has 0 saturated heterocycles. The second-order valence-electron chi connectivity index (χ2n) is 5.55. The average molecular weight is 328 g/mol. The molecule has 122 valence electrons. The SMILES string of the molecule is CC[C@H](C)c1ccc(NC(=S)NCc2ccccc2OC)cc1. The van der Waals surface area contributed by atoms with Crippen molar-refractivity contribution in [3.63, 3.8) is 0 Å². The minimum atomic E-state index is 0.583. The molecular weight excluding hydrogens is 304 g/mol. The Hall–Kier alpha value is -2.07. The van der Waals surface area contributed by atoms with Gasteiger partial charge in [0.1, 0.15) is 5.75 Å². The number of rotatable bonds is 6. The maximum atomic E-state index is 5.36. The van der Waals surface area contributed by atoms with Gasteiger partial charge in [-0.1, -0.05) is 44.2 Å². The molecule has 2 aromatic carbocycles. The molecule has 0 amide bonds. The Kier molecular flexibility index (Phi) is 6.41. The molecule has 0 unspecified atom stereocenters. The van der Waals surface area contributed by atoms with E-state index >= 15 is 0 Å². The van der Waals surface area contributed by atoms with Gasteiger partial charge >= 0.3 is 0 Å². The van der Waals surface area contributed by atoms with Crippen molar-refractivity contribution in [2.45, 2.75) is 32.7 Å². The number of nitrogens with one attached hydrogen (secondary N) is 2. The van der Waals surface area contributed by atoms with Crippen LogP contribution < -0.4 is 15.4 Å². The first-order valence-electron chi connectivity index (χ1n) is 7.90. The Morgan fingerprint density at radius 2 is 1.83 bits per heavy atom. The van der Waals surface area contributed by atoms with E-state index in [1.165, 1.54) is 5.56 Å². The lowest BCUT2D eigenvalue weighted by atomic mass is 9.99. The summed E-state index contributed by atoms with van der Waals surface area (Å²) in [4.78, 5) is 0.